The van der Waals surface area contributed by atoms with E-state index in [1.54, 1.807) is 13.3 Å². The average molecular weight is 545 g/mol. The molecule has 214 valence electrons. The van der Waals surface area contributed by atoms with Crippen molar-refractivity contribution in [3.05, 3.63) is 60.4 Å². The zero-order chi connectivity index (χ0) is 28.5. The first kappa shape index (κ1) is 29.3. The minimum atomic E-state index is -0.0562. The van der Waals surface area contributed by atoms with Crippen LogP contribution in [0.15, 0.2) is 54.9 Å². The Balaban J connectivity index is 0.000000886. The van der Waals surface area contributed by atoms with Gasteiger partial charge in [-0.25, -0.2) is 9.97 Å². The Hall–Kier alpha value is -3.65. The number of ether oxygens (including phenoxy) is 1. The predicted octanol–water partition coefficient (Wildman–Crippen LogP) is 5.84. The summed E-state index contributed by atoms with van der Waals surface area (Å²) in [6, 6.07) is 14.7. The van der Waals surface area contributed by atoms with Crippen molar-refractivity contribution in [1.82, 2.24) is 14.9 Å². The Kier molecular flexibility index (Phi) is 10.4. The van der Waals surface area contributed by atoms with Gasteiger partial charge in [0.2, 0.25) is 11.8 Å². The van der Waals surface area contributed by atoms with Gasteiger partial charge in [0.05, 0.1) is 12.8 Å². The Morgan fingerprint density at radius 3 is 2.38 bits per heavy atom. The minimum absolute atomic E-state index is 0.0562. The number of amides is 1. The van der Waals surface area contributed by atoms with E-state index in [1.165, 1.54) is 5.69 Å². The van der Waals surface area contributed by atoms with Crippen LogP contribution in [0.25, 0.3) is 11.1 Å². The van der Waals surface area contributed by atoms with Crippen LogP contribution >= 0.6 is 0 Å². The molecule has 3 aromatic rings. The molecule has 0 spiro atoms. The summed E-state index contributed by atoms with van der Waals surface area (Å²) in [5.74, 6) is 1.67. The molecule has 8 nitrogen and oxygen atoms in total. The summed E-state index contributed by atoms with van der Waals surface area (Å²) >= 11 is 0. The normalized spacial score (nSPS) is 18.2. The number of rotatable bonds is 5. The summed E-state index contributed by atoms with van der Waals surface area (Å²) < 4.78 is 5.25. The van der Waals surface area contributed by atoms with E-state index in [-0.39, 0.29) is 11.9 Å². The molecule has 1 atom stereocenters. The van der Waals surface area contributed by atoms with Gasteiger partial charge >= 0.3 is 0 Å². The molecule has 3 aliphatic rings. The van der Waals surface area contributed by atoms with Gasteiger partial charge in [-0.1, -0.05) is 39.8 Å². The fourth-order valence-electron chi connectivity index (χ4n) is 5.57. The van der Waals surface area contributed by atoms with Crippen molar-refractivity contribution in [2.24, 2.45) is 0 Å². The number of carbonyl (C=O) groups excluding carboxylic acids is 1. The molecule has 8 heteroatoms. The highest BCUT2D eigenvalue weighted by Gasteiger charge is 2.35. The van der Waals surface area contributed by atoms with Gasteiger partial charge in [-0.2, -0.15) is 0 Å². The summed E-state index contributed by atoms with van der Waals surface area (Å²) in [4.78, 5) is 28.6. The lowest BCUT2D eigenvalue weighted by atomic mass is 9.99. The lowest BCUT2D eigenvalue weighted by molar-refractivity contribution is -0.118. The highest BCUT2D eigenvalue weighted by molar-refractivity contribution is 6.02. The van der Waals surface area contributed by atoms with Gasteiger partial charge in [-0.15, -0.1) is 0 Å². The molecule has 0 aliphatic carbocycles. The highest BCUT2D eigenvalue weighted by Crippen LogP contribution is 2.35. The van der Waals surface area contributed by atoms with Crippen molar-refractivity contribution in [2.45, 2.75) is 59.5 Å². The van der Waals surface area contributed by atoms with E-state index >= 15 is 0 Å². The van der Waals surface area contributed by atoms with Gasteiger partial charge < -0.3 is 19.9 Å². The topological polar surface area (TPSA) is 73.8 Å². The van der Waals surface area contributed by atoms with Gasteiger partial charge in [-0.3, -0.25) is 9.69 Å². The molecule has 1 amide bonds. The van der Waals surface area contributed by atoms with Crippen molar-refractivity contribution in [3.63, 3.8) is 0 Å². The van der Waals surface area contributed by atoms with Gasteiger partial charge in [0, 0.05) is 63.4 Å². The zero-order valence-electron chi connectivity index (χ0n) is 24.7. The first-order valence-corrected chi connectivity index (χ1v) is 14.8. The molecule has 1 aromatic carbocycles. The number of methoxy groups -OCH3 is 1. The second-order valence-electron chi connectivity index (χ2n) is 9.81. The number of nitrogens with one attached hydrogen (secondary N) is 1. The van der Waals surface area contributed by atoms with Crippen LogP contribution in [0.2, 0.25) is 0 Å². The molecule has 3 aliphatic heterocycles. The number of benzene rings is 1. The Labute approximate surface area is 239 Å². The number of hydrogen-bond donors (Lipinski definition) is 1. The largest absolute Gasteiger partial charge is 0.481 e. The van der Waals surface area contributed by atoms with E-state index in [0.717, 1.165) is 86.7 Å². The van der Waals surface area contributed by atoms with Crippen molar-refractivity contribution >= 4 is 23.1 Å². The third-order valence-corrected chi connectivity index (χ3v) is 7.55. The van der Waals surface area contributed by atoms with Gasteiger partial charge in [0.25, 0.3) is 0 Å². The number of piperidine rings is 1. The maximum absolute atomic E-state index is 12.6. The van der Waals surface area contributed by atoms with Gasteiger partial charge in [0.1, 0.15) is 6.04 Å². The molecule has 2 aromatic heterocycles. The van der Waals surface area contributed by atoms with Crippen LogP contribution in [0, 0.1) is 0 Å². The van der Waals surface area contributed by atoms with Crippen LogP contribution in [-0.2, 0) is 11.3 Å². The van der Waals surface area contributed by atoms with Crippen LogP contribution < -0.4 is 19.9 Å². The molecule has 1 unspecified atom stereocenters. The number of nitrogens with zero attached hydrogens (tertiary/aromatic N) is 5. The number of hydrogen-bond acceptors (Lipinski definition) is 7. The van der Waals surface area contributed by atoms with Crippen molar-refractivity contribution < 1.29 is 9.53 Å². The number of carbonyl (C=O) groups is 1. The van der Waals surface area contributed by atoms with Crippen molar-refractivity contribution in [1.29, 1.82) is 0 Å². The number of anilines is 3. The molecule has 40 heavy (non-hydrogen) atoms. The molecule has 6 rings (SSSR count). The van der Waals surface area contributed by atoms with E-state index in [0.29, 0.717) is 5.88 Å². The quantitative estimate of drug-likeness (QED) is 0.433. The molecule has 2 saturated heterocycles. The Morgan fingerprint density at radius 1 is 0.900 bits per heavy atom. The molecule has 2 fully saturated rings. The highest BCUT2D eigenvalue weighted by atomic mass is 16.5. The maximum Gasteiger partial charge on any atom is 0.247 e. The fraction of sp³-hybridized carbons (Fsp3) is 0.469. The summed E-state index contributed by atoms with van der Waals surface area (Å²) in [5.41, 5.74) is 5.51. The zero-order valence-corrected chi connectivity index (χ0v) is 24.7. The summed E-state index contributed by atoms with van der Waals surface area (Å²) in [6.07, 6.45) is 6.91. The van der Waals surface area contributed by atoms with Crippen molar-refractivity contribution in [3.8, 4) is 17.0 Å². The molecule has 0 bridgehead atoms. The SMILES string of the molecule is CC.CC.COc1cc(-c2ccc(N3CCN(Cc4cnc5c(c4)NC(=O)C4CCCCN54)CC3)cc2)ccn1. The second kappa shape index (κ2) is 14.1. The number of piperazine rings is 1. The number of aromatic nitrogens is 2. The smallest absolute Gasteiger partial charge is 0.247 e. The first-order chi connectivity index (χ1) is 19.7. The summed E-state index contributed by atoms with van der Waals surface area (Å²) in [6.45, 7) is 13.7. The van der Waals surface area contributed by atoms with Crippen molar-refractivity contribution in [2.75, 3.05) is 55.0 Å². The maximum atomic E-state index is 12.6. The van der Waals surface area contributed by atoms with E-state index in [4.69, 9.17) is 9.72 Å². The Morgan fingerprint density at radius 2 is 1.65 bits per heavy atom. The van der Waals surface area contributed by atoms with E-state index in [9.17, 15) is 4.79 Å². The third-order valence-electron chi connectivity index (χ3n) is 7.55. The number of fused-ring (bicyclic) bond motifs is 3. The molecule has 1 N–H and O–H groups in total. The van der Waals surface area contributed by atoms with Crippen LogP contribution in [0.3, 0.4) is 0 Å². The van der Waals surface area contributed by atoms with Gasteiger partial charge in [0.15, 0.2) is 5.82 Å². The molecular formula is C32H44N6O2. The fourth-order valence-corrected chi connectivity index (χ4v) is 5.57. The lowest BCUT2D eigenvalue weighted by Gasteiger charge is -2.40. The van der Waals surface area contributed by atoms with Crippen LogP contribution in [0.1, 0.15) is 52.5 Å². The standard InChI is InChI=1S/C28H32N6O2.2C2H6/c1-36-26-17-22(9-10-29-26)21-5-7-23(8-6-21)33-14-12-32(13-15-33)19-20-16-24-27(30-18-20)34-11-3-2-4-25(34)28(35)31-24;2*1-2/h5-10,16-18,25H,2-4,11-15,19H2,1H3,(H,31,35);2*1-2H3. The minimum Gasteiger partial charge on any atom is -0.481 e. The van der Waals surface area contributed by atoms with Crippen LogP contribution in [-0.4, -0.2) is 66.7 Å². The number of pyridine rings is 2. The predicted molar refractivity (Wildman–Crippen MR) is 164 cm³/mol. The molecule has 5 heterocycles. The van der Waals surface area contributed by atoms with E-state index < -0.39 is 0 Å². The second-order valence-corrected chi connectivity index (χ2v) is 9.81. The molecule has 0 radical (unpaired) electrons. The summed E-state index contributed by atoms with van der Waals surface area (Å²) in [7, 11) is 1.64. The average Bonchev–Trinajstić information content (AvgIpc) is 3.03. The Bertz CT molecular complexity index is 1240. The monoisotopic (exact) mass is 544 g/mol. The van der Waals surface area contributed by atoms with E-state index in [2.05, 4.69) is 55.3 Å². The molecule has 0 saturated carbocycles. The van der Waals surface area contributed by atoms with Crippen LogP contribution in [0.4, 0.5) is 17.2 Å². The lowest BCUT2D eigenvalue weighted by Crippen LogP contribution is -2.51. The van der Waals surface area contributed by atoms with Gasteiger partial charge in [-0.05, 0) is 60.2 Å². The van der Waals surface area contributed by atoms with E-state index in [1.807, 2.05) is 46.0 Å². The first-order valence-electron chi connectivity index (χ1n) is 14.8. The van der Waals surface area contributed by atoms with Crippen LogP contribution in [0.5, 0.6) is 5.88 Å². The molecular weight excluding hydrogens is 500 g/mol. The summed E-state index contributed by atoms with van der Waals surface area (Å²) in [5, 5.41) is 3.11. The third kappa shape index (κ3) is 6.55.